The van der Waals surface area contributed by atoms with Crippen LogP contribution in [0.15, 0.2) is 6.07 Å². The van der Waals surface area contributed by atoms with Crippen molar-refractivity contribution in [3.8, 4) is 0 Å². The van der Waals surface area contributed by atoms with E-state index >= 15 is 0 Å². The molecule has 1 N–H and O–H groups in total. The van der Waals surface area contributed by atoms with Crippen LogP contribution in [0, 0.1) is 5.92 Å². The van der Waals surface area contributed by atoms with Crippen molar-refractivity contribution in [3.05, 3.63) is 17.6 Å². The summed E-state index contributed by atoms with van der Waals surface area (Å²) in [5.74, 6) is -1.38. The molecule has 1 saturated carbocycles. The average molecular weight is 496 g/mol. The van der Waals surface area contributed by atoms with Gasteiger partial charge < -0.3 is 19.9 Å². The number of aromatic nitrogens is 2. The van der Waals surface area contributed by atoms with E-state index in [-0.39, 0.29) is 11.6 Å². The molecular formula is C26H43F2N5O2. The van der Waals surface area contributed by atoms with Crippen LogP contribution in [0.1, 0.15) is 77.7 Å². The van der Waals surface area contributed by atoms with Crippen LogP contribution >= 0.6 is 0 Å². The molecular weight excluding hydrogens is 452 g/mol. The van der Waals surface area contributed by atoms with Gasteiger partial charge in [0.05, 0.1) is 0 Å². The minimum atomic E-state index is -3.16. The summed E-state index contributed by atoms with van der Waals surface area (Å²) in [7, 11) is 1.28. The highest BCUT2D eigenvalue weighted by atomic mass is 19.3. The maximum absolute atomic E-state index is 14.7. The van der Waals surface area contributed by atoms with Crippen LogP contribution in [0.2, 0.25) is 0 Å². The summed E-state index contributed by atoms with van der Waals surface area (Å²) >= 11 is 0. The van der Waals surface area contributed by atoms with Crippen LogP contribution in [0.3, 0.4) is 0 Å². The summed E-state index contributed by atoms with van der Waals surface area (Å²) in [6.07, 6.45) is 6.60. The summed E-state index contributed by atoms with van der Waals surface area (Å²) in [6, 6.07) is 1.78. The number of carbonyl (C=O) groups is 1. The Hall–Kier alpha value is -1.87. The number of ether oxygens (including phenoxy) is 1. The van der Waals surface area contributed by atoms with Crippen molar-refractivity contribution >= 4 is 11.7 Å². The lowest BCUT2D eigenvalue weighted by Crippen LogP contribution is -2.37. The minimum absolute atomic E-state index is 0.0652. The van der Waals surface area contributed by atoms with E-state index in [4.69, 9.17) is 9.72 Å². The van der Waals surface area contributed by atoms with E-state index in [9.17, 15) is 13.6 Å². The number of hydrogen-bond acceptors (Lipinski definition) is 6. The zero-order valence-corrected chi connectivity index (χ0v) is 22.1. The Kier molecular flexibility index (Phi) is 9.43. The fourth-order valence-corrected chi connectivity index (χ4v) is 5.05. The molecule has 0 aromatic carbocycles. The van der Waals surface area contributed by atoms with Gasteiger partial charge in [-0.2, -0.15) is 8.78 Å². The van der Waals surface area contributed by atoms with Crippen LogP contribution in [-0.4, -0.2) is 73.3 Å². The molecule has 35 heavy (non-hydrogen) atoms. The second-order valence-electron chi connectivity index (χ2n) is 11.2. The normalized spacial score (nSPS) is 22.7. The number of carbonyl (C=O) groups excluding carboxylic acids is 1. The first-order valence-electron chi connectivity index (χ1n) is 13.0. The number of anilines is 1. The molecule has 2 fully saturated rings. The van der Waals surface area contributed by atoms with Crippen LogP contribution in [0.5, 0.6) is 0 Å². The molecule has 1 aliphatic carbocycles. The first-order valence-corrected chi connectivity index (χ1v) is 13.0. The number of hydrogen-bond donors (Lipinski definition) is 1. The van der Waals surface area contributed by atoms with Gasteiger partial charge in [-0.05, 0) is 57.5 Å². The van der Waals surface area contributed by atoms with Gasteiger partial charge in [-0.1, -0.05) is 20.8 Å². The topological polar surface area (TPSA) is 70.6 Å². The van der Waals surface area contributed by atoms with Gasteiger partial charge in [0.1, 0.15) is 23.9 Å². The minimum Gasteiger partial charge on any atom is -0.378 e. The quantitative estimate of drug-likeness (QED) is 0.585. The molecule has 1 amide bonds. The Balaban J connectivity index is 1.60. The van der Waals surface area contributed by atoms with Crippen LogP contribution in [-0.2, 0) is 20.9 Å². The van der Waals surface area contributed by atoms with E-state index in [1.165, 1.54) is 32.4 Å². The summed E-state index contributed by atoms with van der Waals surface area (Å²) < 4.78 is 34.2. The van der Waals surface area contributed by atoms with Gasteiger partial charge in [-0.3, -0.25) is 4.79 Å². The molecule has 2 heterocycles. The standard InChI is InChI=1S/C26H43F2N5O2/c1-19(34)29-21-9-7-20(8-10-21)11-14-32-12-6-13-33(16-15-32)23-17-22(26(27,28)18-35-5)30-24(31-23)25(2,3)4/h17,20-21H,6-16,18H2,1-5H3,(H,29,34). The molecule has 198 valence electrons. The first kappa shape index (κ1) is 27.7. The maximum Gasteiger partial charge on any atom is 0.312 e. The van der Waals surface area contributed by atoms with Crippen molar-refractivity contribution < 1.29 is 18.3 Å². The molecule has 3 rings (SSSR count). The number of rotatable bonds is 8. The fourth-order valence-electron chi connectivity index (χ4n) is 5.05. The Labute approximate surface area is 209 Å². The average Bonchev–Trinajstić information content (AvgIpc) is 3.03. The molecule has 9 heteroatoms. The summed E-state index contributed by atoms with van der Waals surface area (Å²) in [5, 5.41) is 3.05. The lowest BCUT2D eigenvalue weighted by molar-refractivity contribution is -0.119. The highest BCUT2D eigenvalue weighted by Crippen LogP contribution is 2.32. The highest BCUT2D eigenvalue weighted by molar-refractivity contribution is 5.73. The van der Waals surface area contributed by atoms with Gasteiger partial charge in [0.25, 0.3) is 0 Å². The fraction of sp³-hybridized carbons (Fsp3) is 0.808. The predicted octanol–water partition coefficient (Wildman–Crippen LogP) is 4.11. The Morgan fingerprint density at radius 3 is 2.46 bits per heavy atom. The van der Waals surface area contributed by atoms with E-state index in [0.29, 0.717) is 23.6 Å². The van der Waals surface area contributed by atoms with E-state index in [0.717, 1.165) is 52.0 Å². The molecule has 7 nitrogen and oxygen atoms in total. The third kappa shape index (κ3) is 8.07. The lowest BCUT2D eigenvalue weighted by atomic mass is 9.84. The first-order chi connectivity index (χ1) is 16.5. The van der Waals surface area contributed by atoms with Crippen molar-refractivity contribution in [1.82, 2.24) is 20.2 Å². The van der Waals surface area contributed by atoms with E-state index < -0.39 is 17.9 Å². The van der Waals surface area contributed by atoms with Gasteiger partial charge in [0.15, 0.2) is 0 Å². The SMILES string of the molecule is COCC(F)(F)c1cc(N2CCCN(CCC3CCC(NC(C)=O)CC3)CC2)nc(C(C)(C)C)n1. The molecule has 2 aliphatic rings. The van der Waals surface area contributed by atoms with Gasteiger partial charge in [-0.25, -0.2) is 9.97 Å². The monoisotopic (exact) mass is 495 g/mol. The molecule has 0 bridgehead atoms. The van der Waals surface area contributed by atoms with Gasteiger partial charge >= 0.3 is 5.92 Å². The molecule has 1 aromatic rings. The molecule has 0 unspecified atom stereocenters. The van der Waals surface area contributed by atoms with E-state index in [1.807, 2.05) is 20.8 Å². The smallest absolute Gasteiger partial charge is 0.312 e. The third-order valence-corrected chi connectivity index (χ3v) is 7.10. The second-order valence-corrected chi connectivity index (χ2v) is 11.2. The van der Waals surface area contributed by atoms with Gasteiger partial charge in [0, 0.05) is 51.2 Å². The number of nitrogens with zero attached hydrogens (tertiary/aromatic N) is 4. The zero-order chi connectivity index (χ0) is 25.6. The number of halogens is 2. The summed E-state index contributed by atoms with van der Waals surface area (Å²) in [5.41, 5.74) is -0.713. The van der Waals surface area contributed by atoms with Crippen LogP contribution in [0.4, 0.5) is 14.6 Å². The molecule has 1 aromatic heterocycles. The van der Waals surface area contributed by atoms with Crippen molar-refractivity contribution in [1.29, 1.82) is 0 Å². The molecule has 0 spiro atoms. The number of methoxy groups -OCH3 is 1. The molecule has 1 aliphatic heterocycles. The van der Waals surface area contributed by atoms with Crippen LogP contribution < -0.4 is 10.2 Å². The second kappa shape index (κ2) is 11.9. The Morgan fingerprint density at radius 2 is 1.83 bits per heavy atom. The molecule has 0 radical (unpaired) electrons. The lowest BCUT2D eigenvalue weighted by Gasteiger charge is -2.30. The van der Waals surface area contributed by atoms with Gasteiger partial charge in [-0.15, -0.1) is 0 Å². The van der Waals surface area contributed by atoms with E-state index in [2.05, 4.69) is 20.1 Å². The Bertz CT molecular complexity index is 838. The number of alkyl halides is 2. The number of nitrogens with one attached hydrogen (secondary N) is 1. The zero-order valence-electron chi connectivity index (χ0n) is 22.1. The predicted molar refractivity (Wildman–Crippen MR) is 134 cm³/mol. The maximum atomic E-state index is 14.7. The van der Waals surface area contributed by atoms with Crippen molar-refractivity contribution in [2.24, 2.45) is 5.92 Å². The van der Waals surface area contributed by atoms with Crippen molar-refractivity contribution in [2.75, 3.05) is 51.3 Å². The summed E-state index contributed by atoms with van der Waals surface area (Å²) in [6.45, 7) is 11.2. The molecule has 1 saturated heterocycles. The van der Waals surface area contributed by atoms with Gasteiger partial charge in [0.2, 0.25) is 5.91 Å². The Morgan fingerprint density at radius 1 is 1.11 bits per heavy atom. The largest absolute Gasteiger partial charge is 0.378 e. The number of amides is 1. The van der Waals surface area contributed by atoms with Crippen molar-refractivity contribution in [3.63, 3.8) is 0 Å². The van der Waals surface area contributed by atoms with Crippen LogP contribution in [0.25, 0.3) is 0 Å². The van der Waals surface area contributed by atoms with E-state index in [1.54, 1.807) is 6.92 Å². The highest BCUT2D eigenvalue weighted by Gasteiger charge is 2.36. The third-order valence-electron chi connectivity index (χ3n) is 7.10. The summed E-state index contributed by atoms with van der Waals surface area (Å²) in [4.78, 5) is 24.8. The molecule has 0 atom stereocenters. The van der Waals surface area contributed by atoms with Crippen molar-refractivity contribution in [2.45, 2.75) is 83.6 Å².